The van der Waals surface area contributed by atoms with Gasteiger partial charge in [0.2, 0.25) is 15.9 Å². The van der Waals surface area contributed by atoms with Crippen LogP contribution in [0.1, 0.15) is 51.0 Å². The van der Waals surface area contributed by atoms with E-state index in [1.807, 2.05) is 24.3 Å². The lowest BCUT2D eigenvalue weighted by molar-refractivity contribution is -0.157. The van der Waals surface area contributed by atoms with Crippen molar-refractivity contribution in [2.75, 3.05) is 12.3 Å². The maximum Gasteiger partial charge on any atom is 0.325 e. The Kier molecular flexibility index (Phi) is 10.5. The number of rotatable bonds is 12. The Labute approximate surface area is 240 Å². The van der Waals surface area contributed by atoms with Crippen LogP contribution in [0, 0.1) is 0 Å². The fraction of sp³-hybridized carbons (Fsp3) is 0.379. The van der Waals surface area contributed by atoms with Crippen LogP contribution in [0.15, 0.2) is 61.8 Å². The van der Waals surface area contributed by atoms with Crippen molar-refractivity contribution in [3.63, 3.8) is 0 Å². The molecule has 2 amide bonds. The van der Waals surface area contributed by atoms with Gasteiger partial charge in [-0.05, 0) is 62.8 Å². The van der Waals surface area contributed by atoms with Crippen molar-refractivity contribution in [3.8, 4) is 0 Å². The van der Waals surface area contributed by atoms with Crippen LogP contribution in [-0.2, 0) is 29.1 Å². The number of ether oxygens (including phenoxy) is 1. The van der Waals surface area contributed by atoms with Gasteiger partial charge in [0.25, 0.3) is 5.91 Å². The van der Waals surface area contributed by atoms with Crippen LogP contribution in [0.3, 0.4) is 0 Å². The monoisotopic (exact) mass is 583 g/mol. The molecule has 1 fully saturated rings. The van der Waals surface area contributed by atoms with E-state index in [1.165, 1.54) is 24.9 Å². The molecular formula is C29H37N5O6S. The summed E-state index contributed by atoms with van der Waals surface area (Å²) in [4.78, 5) is 43.2. The molecule has 0 aliphatic carbocycles. The van der Waals surface area contributed by atoms with E-state index in [0.717, 1.165) is 22.0 Å². The smallest absolute Gasteiger partial charge is 0.325 e. The van der Waals surface area contributed by atoms with Gasteiger partial charge in [0.1, 0.15) is 24.2 Å². The highest BCUT2D eigenvalue weighted by atomic mass is 32.2. The molecule has 220 valence electrons. The average molecular weight is 584 g/mol. The Hall–Kier alpha value is -3.87. The minimum atomic E-state index is -3.81. The number of sulfonamides is 1. The summed E-state index contributed by atoms with van der Waals surface area (Å²) in [5.41, 5.74) is 4.72. The van der Waals surface area contributed by atoms with E-state index in [9.17, 15) is 22.8 Å². The van der Waals surface area contributed by atoms with Gasteiger partial charge in [-0.25, -0.2) is 13.8 Å². The Bertz CT molecular complexity index is 1460. The summed E-state index contributed by atoms with van der Waals surface area (Å²) < 4.78 is 32.3. The first kappa shape index (κ1) is 31.7. The minimum absolute atomic E-state index is 0.257. The van der Waals surface area contributed by atoms with Crippen LogP contribution in [0.4, 0.5) is 0 Å². The number of hydrogen-bond acceptors (Lipinski definition) is 8. The molecule has 0 unspecified atom stereocenters. The Balaban J connectivity index is 1.61. The third kappa shape index (κ3) is 8.32. The second kappa shape index (κ2) is 13.7. The summed E-state index contributed by atoms with van der Waals surface area (Å²) in [5, 5.41) is 5.71. The molecule has 11 nitrogen and oxygen atoms in total. The van der Waals surface area contributed by atoms with Crippen LogP contribution in [0.2, 0.25) is 0 Å². The molecule has 0 bridgehead atoms. The fourth-order valence-corrected chi connectivity index (χ4v) is 5.41. The Morgan fingerprint density at radius 3 is 2.61 bits per heavy atom. The highest BCUT2D eigenvalue weighted by molar-refractivity contribution is 7.89. The molecule has 3 rings (SSSR count). The van der Waals surface area contributed by atoms with Crippen molar-refractivity contribution in [2.45, 2.75) is 57.8 Å². The number of esters is 1. The lowest BCUT2D eigenvalue weighted by Crippen LogP contribution is -2.60. The number of pyridine rings is 1. The summed E-state index contributed by atoms with van der Waals surface area (Å²) in [6, 6.07) is 4.59. The Morgan fingerprint density at radius 2 is 1.95 bits per heavy atom. The van der Waals surface area contributed by atoms with E-state index < -0.39 is 52.0 Å². The minimum Gasteiger partial charge on any atom is -0.457 e. The molecule has 2 heterocycles. The molecule has 2 aromatic rings. The van der Waals surface area contributed by atoms with Gasteiger partial charge in [-0.2, -0.15) is 4.72 Å². The van der Waals surface area contributed by atoms with Gasteiger partial charge in [-0.3, -0.25) is 24.4 Å². The standard InChI is InChI=1S/C29H37N5O6S/c1-7-14-41(38,39)33-26(18(3)4)27(35)31-19(5)28(36)34-13-9-10-25(32-34)29(37)40-20(6)21-11-12-22-17-30-24(8-2)16-23(22)15-21/h7-8,11-12,15-17,19-20,25-26,32-33H,1-3,9-10,13-14H2,4-6H3,(H,31,35)/t19-,20+,25-,26-/m0/s1. The number of benzene rings is 1. The Morgan fingerprint density at radius 1 is 1.22 bits per heavy atom. The molecule has 3 N–H and O–H groups in total. The number of carbonyl (C=O) groups excluding carboxylic acids is 3. The maximum absolute atomic E-state index is 13.1. The van der Waals surface area contributed by atoms with Gasteiger partial charge in [0, 0.05) is 18.1 Å². The lowest BCUT2D eigenvalue weighted by atomic mass is 10.0. The van der Waals surface area contributed by atoms with Crippen molar-refractivity contribution in [2.24, 2.45) is 0 Å². The van der Waals surface area contributed by atoms with Crippen molar-refractivity contribution >= 4 is 44.7 Å². The van der Waals surface area contributed by atoms with Crippen molar-refractivity contribution in [3.05, 3.63) is 73.1 Å². The molecule has 0 spiro atoms. The molecule has 12 heteroatoms. The molecule has 1 aromatic carbocycles. The van der Waals surface area contributed by atoms with Gasteiger partial charge in [0.15, 0.2) is 0 Å². The number of hydrazine groups is 1. The fourth-order valence-electron chi connectivity index (χ4n) is 4.33. The third-order valence-corrected chi connectivity index (χ3v) is 7.86. The number of nitrogens with one attached hydrogen (secondary N) is 3. The predicted octanol–water partition coefficient (Wildman–Crippen LogP) is 2.53. The van der Waals surface area contributed by atoms with Gasteiger partial charge in [-0.15, -0.1) is 6.58 Å². The normalized spacial score (nSPS) is 17.6. The second-order valence-corrected chi connectivity index (χ2v) is 11.8. The van der Waals surface area contributed by atoms with Crippen molar-refractivity contribution in [1.29, 1.82) is 0 Å². The number of carbonyl (C=O) groups is 3. The van der Waals surface area contributed by atoms with Crippen LogP contribution < -0.4 is 15.5 Å². The second-order valence-electron chi connectivity index (χ2n) is 10.0. The molecule has 41 heavy (non-hydrogen) atoms. The van der Waals surface area contributed by atoms with E-state index in [0.29, 0.717) is 19.4 Å². The van der Waals surface area contributed by atoms with E-state index in [4.69, 9.17) is 4.74 Å². The average Bonchev–Trinajstić information content (AvgIpc) is 2.94. The summed E-state index contributed by atoms with van der Waals surface area (Å²) in [5.74, 6) is -2.09. The highest BCUT2D eigenvalue weighted by Gasteiger charge is 2.33. The van der Waals surface area contributed by atoms with E-state index >= 15 is 0 Å². The van der Waals surface area contributed by atoms with E-state index in [-0.39, 0.29) is 11.3 Å². The molecule has 1 aliphatic rings. The molecule has 1 aromatic heterocycles. The number of hydrogen-bond donors (Lipinski definition) is 3. The zero-order valence-electron chi connectivity index (χ0n) is 23.6. The summed E-state index contributed by atoms with van der Waals surface area (Å²) in [7, 11) is -3.81. The first-order valence-electron chi connectivity index (χ1n) is 13.2. The van der Waals surface area contributed by atoms with Crippen molar-refractivity contribution in [1.82, 2.24) is 25.5 Å². The number of nitrogens with zero attached hydrogens (tertiary/aromatic N) is 2. The van der Waals surface area contributed by atoms with Crippen molar-refractivity contribution < 1.29 is 27.5 Å². The molecule has 0 radical (unpaired) electrons. The zero-order chi connectivity index (χ0) is 30.3. The maximum atomic E-state index is 13.1. The van der Waals surface area contributed by atoms with Gasteiger partial charge in [0.05, 0.1) is 11.4 Å². The first-order valence-corrected chi connectivity index (χ1v) is 14.9. The quantitative estimate of drug-likeness (QED) is 0.255. The summed E-state index contributed by atoms with van der Waals surface area (Å²) >= 11 is 0. The lowest BCUT2D eigenvalue weighted by Gasteiger charge is -2.35. The number of fused-ring (bicyclic) bond motifs is 1. The van der Waals surface area contributed by atoms with Crippen LogP contribution in [0.25, 0.3) is 16.8 Å². The first-order chi connectivity index (χ1) is 19.3. The topological polar surface area (TPSA) is 147 Å². The summed E-state index contributed by atoms with van der Waals surface area (Å²) in [6.07, 6.45) is 5.08. The third-order valence-electron chi connectivity index (χ3n) is 6.59. The summed E-state index contributed by atoms with van der Waals surface area (Å²) in [6.45, 7) is 15.9. The molecule has 4 atom stereocenters. The molecule has 0 saturated carbocycles. The van der Waals surface area contributed by atoms with E-state index in [2.05, 4.69) is 40.2 Å². The van der Waals surface area contributed by atoms with E-state index in [1.54, 1.807) is 19.2 Å². The van der Waals surface area contributed by atoms with Gasteiger partial charge >= 0.3 is 5.97 Å². The number of amides is 2. The van der Waals surface area contributed by atoms with Gasteiger partial charge in [-0.1, -0.05) is 36.9 Å². The largest absolute Gasteiger partial charge is 0.457 e. The predicted molar refractivity (Wildman–Crippen MR) is 158 cm³/mol. The molecular weight excluding hydrogens is 546 g/mol. The molecule has 1 saturated heterocycles. The van der Waals surface area contributed by atoms with Gasteiger partial charge < -0.3 is 10.1 Å². The number of aromatic nitrogens is 1. The van der Waals surface area contributed by atoms with Crippen LogP contribution >= 0.6 is 0 Å². The highest BCUT2D eigenvalue weighted by Crippen LogP contribution is 2.24. The zero-order valence-corrected chi connectivity index (χ0v) is 24.4. The SMILES string of the molecule is C=CCS(=O)(=O)N[C@@H](C(=C)C)C(=O)N[C@@H](C)C(=O)N1CCC[C@@H](C(=O)O[C@H](C)c2ccc3cnc(C=C)cc3c2)N1. The molecule has 1 aliphatic heterocycles. The van der Waals surface area contributed by atoms with Crippen LogP contribution in [-0.4, -0.2) is 66.6 Å². The van der Waals surface area contributed by atoms with Crippen LogP contribution in [0.5, 0.6) is 0 Å².